The highest BCUT2D eigenvalue weighted by atomic mass is 19.1. The molecule has 2 aromatic heterocycles. The first-order chi connectivity index (χ1) is 14.5. The van der Waals surface area contributed by atoms with Gasteiger partial charge in [-0.15, -0.1) is 0 Å². The molecule has 156 valence electrons. The molecule has 3 aromatic rings. The fourth-order valence-corrected chi connectivity index (χ4v) is 4.45. The van der Waals surface area contributed by atoms with Crippen molar-refractivity contribution in [3.63, 3.8) is 0 Å². The first kappa shape index (κ1) is 19.2. The molecule has 30 heavy (non-hydrogen) atoms. The maximum absolute atomic E-state index is 14.2. The van der Waals surface area contributed by atoms with Crippen LogP contribution in [0.15, 0.2) is 36.7 Å². The number of hydrogen-bond acceptors (Lipinski definition) is 6. The summed E-state index contributed by atoms with van der Waals surface area (Å²) >= 11 is 0. The zero-order valence-corrected chi connectivity index (χ0v) is 16.5. The Kier molecular flexibility index (Phi) is 4.80. The van der Waals surface area contributed by atoms with Gasteiger partial charge >= 0.3 is 0 Å². The van der Waals surface area contributed by atoms with Gasteiger partial charge in [0.1, 0.15) is 23.6 Å². The Hall–Kier alpha value is -2.75. The van der Waals surface area contributed by atoms with Crippen LogP contribution >= 0.6 is 0 Å². The van der Waals surface area contributed by atoms with E-state index in [4.69, 9.17) is 15.5 Å². The van der Waals surface area contributed by atoms with Gasteiger partial charge in [0.05, 0.1) is 18.0 Å². The van der Waals surface area contributed by atoms with Crippen LogP contribution in [0, 0.1) is 18.6 Å². The minimum atomic E-state index is -0.658. The maximum atomic E-state index is 14.2. The number of aryl methyl sites for hydroxylation is 1. The molecule has 7 nitrogen and oxygen atoms in total. The number of hydrogen-bond donors (Lipinski definition) is 1. The molecular formula is C21H22F2N6O. The Morgan fingerprint density at radius 3 is 2.73 bits per heavy atom. The number of nitrogens with zero attached hydrogens (tertiary/aromatic N) is 5. The van der Waals surface area contributed by atoms with E-state index in [1.54, 1.807) is 18.5 Å². The first-order valence-electron chi connectivity index (χ1n) is 9.92. The van der Waals surface area contributed by atoms with Gasteiger partial charge in [-0.3, -0.25) is 9.47 Å². The summed E-state index contributed by atoms with van der Waals surface area (Å²) in [7, 11) is 0. The van der Waals surface area contributed by atoms with E-state index in [9.17, 15) is 8.78 Å². The Balaban J connectivity index is 1.32. The summed E-state index contributed by atoms with van der Waals surface area (Å²) in [6, 6.07) is 4.78. The smallest absolute Gasteiger partial charge is 0.235 e. The Morgan fingerprint density at radius 1 is 1.17 bits per heavy atom. The van der Waals surface area contributed by atoms with Crippen LogP contribution in [0.1, 0.15) is 35.3 Å². The molecule has 0 bridgehead atoms. The zero-order chi connectivity index (χ0) is 20.8. The van der Waals surface area contributed by atoms with E-state index in [2.05, 4.69) is 14.9 Å². The van der Waals surface area contributed by atoms with Crippen molar-refractivity contribution in [2.75, 3.05) is 6.61 Å². The van der Waals surface area contributed by atoms with Crippen LogP contribution in [0.5, 0.6) is 0 Å². The third kappa shape index (κ3) is 3.28. The lowest BCUT2D eigenvalue weighted by Crippen LogP contribution is -2.47. The SMILES string of the molecule is Cc1nc2c(n1-c1ncccn1)CN([C@H]1CO[C@H](c3cc(F)ccc3F)[C@@H](N)C1)C2. The number of rotatable bonds is 3. The molecule has 2 aliphatic rings. The van der Waals surface area contributed by atoms with Crippen molar-refractivity contribution in [2.24, 2.45) is 5.73 Å². The van der Waals surface area contributed by atoms with E-state index < -0.39 is 23.8 Å². The molecule has 4 heterocycles. The predicted octanol–water partition coefficient (Wildman–Crippen LogP) is 2.42. The molecule has 2 N–H and O–H groups in total. The molecule has 2 aliphatic heterocycles. The molecule has 0 radical (unpaired) electrons. The van der Waals surface area contributed by atoms with E-state index in [1.807, 2.05) is 11.5 Å². The van der Waals surface area contributed by atoms with Gasteiger partial charge < -0.3 is 10.5 Å². The van der Waals surface area contributed by atoms with Crippen molar-refractivity contribution in [1.29, 1.82) is 0 Å². The van der Waals surface area contributed by atoms with Crippen LogP contribution in [0.25, 0.3) is 5.95 Å². The molecule has 5 rings (SSSR count). The molecule has 0 aliphatic carbocycles. The molecule has 1 fully saturated rings. The van der Waals surface area contributed by atoms with Crippen molar-refractivity contribution in [3.05, 3.63) is 71.1 Å². The molecule has 1 saturated heterocycles. The quantitative estimate of drug-likeness (QED) is 0.712. The number of ether oxygens (including phenoxy) is 1. The molecule has 9 heteroatoms. The highest BCUT2D eigenvalue weighted by molar-refractivity contribution is 5.30. The number of benzene rings is 1. The lowest BCUT2D eigenvalue weighted by atomic mass is 9.93. The topological polar surface area (TPSA) is 82.1 Å². The lowest BCUT2D eigenvalue weighted by molar-refractivity contribution is -0.0534. The van der Waals surface area contributed by atoms with Gasteiger partial charge in [-0.05, 0) is 37.6 Å². The Bertz CT molecular complexity index is 1070. The minimum Gasteiger partial charge on any atom is -0.370 e. The second kappa shape index (κ2) is 7.50. The fraction of sp³-hybridized carbons (Fsp3) is 0.381. The van der Waals surface area contributed by atoms with Crippen LogP contribution < -0.4 is 5.73 Å². The molecule has 0 unspecified atom stereocenters. The molecule has 0 amide bonds. The van der Waals surface area contributed by atoms with Crippen LogP contribution in [-0.4, -0.2) is 43.1 Å². The largest absolute Gasteiger partial charge is 0.370 e. The average molecular weight is 412 g/mol. The summed E-state index contributed by atoms with van der Waals surface area (Å²) in [6.07, 6.45) is 3.38. The lowest BCUT2D eigenvalue weighted by Gasteiger charge is -2.38. The van der Waals surface area contributed by atoms with Gasteiger partial charge in [0.25, 0.3) is 0 Å². The van der Waals surface area contributed by atoms with Gasteiger partial charge in [0, 0.05) is 43.1 Å². The Morgan fingerprint density at radius 2 is 1.97 bits per heavy atom. The third-order valence-electron chi connectivity index (χ3n) is 5.86. The number of aromatic nitrogens is 4. The normalized spacial score (nSPS) is 24.2. The summed E-state index contributed by atoms with van der Waals surface area (Å²) < 4.78 is 35.7. The molecule has 1 aromatic carbocycles. The highest BCUT2D eigenvalue weighted by Gasteiger charge is 2.38. The van der Waals surface area contributed by atoms with Crippen molar-refractivity contribution < 1.29 is 13.5 Å². The minimum absolute atomic E-state index is 0.0625. The molecule has 3 atom stereocenters. The van der Waals surface area contributed by atoms with E-state index in [0.29, 0.717) is 32.1 Å². The van der Waals surface area contributed by atoms with E-state index in [-0.39, 0.29) is 11.6 Å². The third-order valence-corrected chi connectivity index (χ3v) is 5.86. The number of halogens is 2. The summed E-state index contributed by atoms with van der Waals surface area (Å²) in [5, 5.41) is 0. The maximum Gasteiger partial charge on any atom is 0.235 e. The molecule has 0 saturated carbocycles. The van der Waals surface area contributed by atoms with Gasteiger partial charge in [0.15, 0.2) is 0 Å². The van der Waals surface area contributed by atoms with Crippen molar-refractivity contribution >= 4 is 0 Å². The van der Waals surface area contributed by atoms with Gasteiger partial charge in [-0.2, -0.15) is 0 Å². The molecular weight excluding hydrogens is 390 g/mol. The van der Waals surface area contributed by atoms with Crippen molar-refractivity contribution in [2.45, 2.75) is 44.6 Å². The summed E-state index contributed by atoms with van der Waals surface area (Å²) in [6.45, 7) is 3.68. The number of fused-ring (bicyclic) bond motifs is 1. The number of nitrogens with two attached hydrogens (primary N) is 1. The summed E-state index contributed by atoms with van der Waals surface area (Å²) in [4.78, 5) is 15.7. The van der Waals surface area contributed by atoms with Crippen LogP contribution in [0.4, 0.5) is 8.78 Å². The average Bonchev–Trinajstić information content (AvgIpc) is 3.27. The first-order valence-corrected chi connectivity index (χ1v) is 9.92. The van der Waals surface area contributed by atoms with Crippen LogP contribution in [0.2, 0.25) is 0 Å². The van der Waals surface area contributed by atoms with E-state index in [0.717, 1.165) is 29.3 Å². The van der Waals surface area contributed by atoms with Gasteiger partial charge in [-0.25, -0.2) is 23.7 Å². The van der Waals surface area contributed by atoms with Crippen molar-refractivity contribution in [3.8, 4) is 5.95 Å². The zero-order valence-electron chi connectivity index (χ0n) is 16.5. The van der Waals surface area contributed by atoms with Crippen molar-refractivity contribution in [1.82, 2.24) is 24.4 Å². The standard InChI is InChI=1S/C21H22F2N6O/c1-12-27-18-9-28(10-19(18)29(12)21-25-5-2-6-26-21)14-8-17(24)20(30-11-14)15-7-13(22)3-4-16(15)23/h2-7,14,17,20H,8-11,24H2,1H3/t14-,17+,20-/m1/s1. The molecule has 0 spiro atoms. The monoisotopic (exact) mass is 412 g/mol. The van der Waals surface area contributed by atoms with Crippen LogP contribution in [0.3, 0.4) is 0 Å². The Labute approximate surface area is 172 Å². The van der Waals surface area contributed by atoms with Gasteiger partial charge in [0.2, 0.25) is 5.95 Å². The summed E-state index contributed by atoms with van der Waals surface area (Å²) in [5.41, 5.74) is 8.56. The van der Waals surface area contributed by atoms with Crippen LogP contribution in [-0.2, 0) is 17.8 Å². The second-order valence-corrected chi connectivity index (χ2v) is 7.81. The van der Waals surface area contributed by atoms with Gasteiger partial charge in [-0.1, -0.05) is 0 Å². The fourth-order valence-electron chi connectivity index (χ4n) is 4.45. The highest BCUT2D eigenvalue weighted by Crippen LogP contribution is 2.34. The number of imidazole rings is 1. The van der Waals surface area contributed by atoms with E-state index >= 15 is 0 Å². The second-order valence-electron chi connectivity index (χ2n) is 7.81. The predicted molar refractivity (Wildman–Crippen MR) is 105 cm³/mol. The summed E-state index contributed by atoms with van der Waals surface area (Å²) in [5.74, 6) is 0.453. The van der Waals surface area contributed by atoms with E-state index in [1.165, 1.54) is 6.07 Å².